The van der Waals surface area contributed by atoms with Gasteiger partial charge in [-0.25, -0.2) is 9.97 Å². The lowest BCUT2D eigenvalue weighted by molar-refractivity contribution is 0.615. The number of nitrogens with zero attached hydrogens (tertiary/aromatic N) is 3. The van der Waals surface area contributed by atoms with Gasteiger partial charge < -0.3 is 4.90 Å². The van der Waals surface area contributed by atoms with E-state index in [1.165, 1.54) is 11.1 Å². The quantitative estimate of drug-likeness (QED) is 0.795. The lowest BCUT2D eigenvalue weighted by Crippen LogP contribution is -2.34. The van der Waals surface area contributed by atoms with E-state index in [1.54, 1.807) is 0 Å². The van der Waals surface area contributed by atoms with E-state index < -0.39 is 0 Å². The molecule has 1 unspecified atom stereocenters. The lowest BCUT2D eigenvalue weighted by atomic mass is 9.93. The van der Waals surface area contributed by atoms with E-state index in [1.807, 2.05) is 0 Å². The topological polar surface area (TPSA) is 29.0 Å². The summed E-state index contributed by atoms with van der Waals surface area (Å²) in [6, 6.07) is 11.0. The van der Waals surface area contributed by atoms with Crippen molar-refractivity contribution in [2.75, 3.05) is 11.4 Å². The normalized spacial score (nSPS) is 17.7. The summed E-state index contributed by atoms with van der Waals surface area (Å²) in [5.74, 6) is 0.945. The van der Waals surface area contributed by atoms with Crippen molar-refractivity contribution in [2.24, 2.45) is 0 Å². The Bertz CT molecular complexity index is 642. The molecule has 0 fully saturated rings. The summed E-state index contributed by atoms with van der Waals surface area (Å²) in [4.78, 5) is 11.1. The van der Waals surface area contributed by atoms with Crippen molar-refractivity contribution in [2.45, 2.75) is 39.2 Å². The SMILES string of the molecule is CCCc1cc(N2CCc3ccccc3C2C)nc(Cl)n1. The molecule has 1 aliphatic rings. The van der Waals surface area contributed by atoms with Gasteiger partial charge in [0.15, 0.2) is 0 Å². The number of aryl methyl sites for hydroxylation is 1. The second kappa shape index (κ2) is 6.02. The first-order chi connectivity index (χ1) is 10.2. The molecule has 1 atom stereocenters. The molecule has 1 aromatic heterocycles. The molecule has 3 nitrogen and oxygen atoms in total. The smallest absolute Gasteiger partial charge is 0.224 e. The van der Waals surface area contributed by atoms with E-state index in [4.69, 9.17) is 11.6 Å². The maximum atomic E-state index is 6.10. The van der Waals surface area contributed by atoms with Crippen LogP contribution in [0.3, 0.4) is 0 Å². The number of benzene rings is 1. The summed E-state index contributed by atoms with van der Waals surface area (Å²) in [7, 11) is 0. The molecule has 3 rings (SSSR count). The van der Waals surface area contributed by atoms with Crippen LogP contribution in [0, 0.1) is 0 Å². The van der Waals surface area contributed by atoms with Crippen molar-refractivity contribution in [3.05, 3.63) is 52.4 Å². The summed E-state index contributed by atoms with van der Waals surface area (Å²) in [6.07, 6.45) is 3.05. The Morgan fingerprint density at radius 3 is 2.90 bits per heavy atom. The van der Waals surface area contributed by atoms with Crippen LogP contribution in [0.4, 0.5) is 5.82 Å². The molecule has 0 amide bonds. The van der Waals surface area contributed by atoms with Crippen LogP contribution in [0.15, 0.2) is 30.3 Å². The van der Waals surface area contributed by atoms with Crippen LogP contribution < -0.4 is 4.90 Å². The Labute approximate surface area is 131 Å². The van der Waals surface area contributed by atoms with Crippen LogP contribution in [0.2, 0.25) is 5.28 Å². The van der Waals surface area contributed by atoms with Crippen LogP contribution in [0.1, 0.15) is 43.1 Å². The van der Waals surface area contributed by atoms with Crippen molar-refractivity contribution >= 4 is 17.4 Å². The van der Waals surface area contributed by atoms with Gasteiger partial charge in [0.05, 0.1) is 6.04 Å². The molecule has 110 valence electrons. The molecule has 0 spiro atoms. The average Bonchev–Trinajstić information content (AvgIpc) is 2.47. The molecule has 2 aromatic rings. The van der Waals surface area contributed by atoms with Crippen LogP contribution in [-0.4, -0.2) is 16.5 Å². The number of fused-ring (bicyclic) bond motifs is 1. The maximum absolute atomic E-state index is 6.10. The average molecular weight is 302 g/mol. The van der Waals surface area contributed by atoms with E-state index in [2.05, 4.69) is 59.0 Å². The third-order valence-corrected chi connectivity index (χ3v) is 4.30. The zero-order valence-electron chi connectivity index (χ0n) is 12.5. The van der Waals surface area contributed by atoms with Gasteiger partial charge in [-0.3, -0.25) is 0 Å². The monoisotopic (exact) mass is 301 g/mol. The van der Waals surface area contributed by atoms with E-state index >= 15 is 0 Å². The van der Waals surface area contributed by atoms with Gasteiger partial charge in [-0.1, -0.05) is 37.6 Å². The lowest BCUT2D eigenvalue weighted by Gasteiger charge is -2.36. The fourth-order valence-electron chi connectivity index (χ4n) is 3.07. The van der Waals surface area contributed by atoms with Gasteiger partial charge in [0.25, 0.3) is 0 Å². The first-order valence-corrected chi connectivity index (χ1v) is 7.94. The molecular formula is C17H20ClN3. The third-order valence-electron chi connectivity index (χ3n) is 4.13. The molecule has 21 heavy (non-hydrogen) atoms. The van der Waals surface area contributed by atoms with Crippen LogP contribution in [-0.2, 0) is 12.8 Å². The highest BCUT2D eigenvalue weighted by molar-refractivity contribution is 6.28. The van der Waals surface area contributed by atoms with Crippen molar-refractivity contribution < 1.29 is 0 Å². The van der Waals surface area contributed by atoms with Gasteiger partial charge >= 0.3 is 0 Å². The fraction of sp³-hybridized carbons (Fsp3) is 0.412. The van der Waals surface area contributed by atoms with Gasteiger partial charge in [0, 0.05) is 18.3 Å². The minimum atomic E-state index is 0.315. The number of aromatic nitrogens is 2. The summed E-state index contributed by atoms with van der Waals surface area (Å²) in [5.41, 5.74) is 3.85. The Kier molecular flexibility index (Phi) is 4.11. The zero-order chi connectivity index (χ0) is 14.8. The standard InChI is InChI=1S/C17H20ClN3/c1-3-6-14-11-16(20-17(18)19-14)21-10-9-13-7-4-5-8-15(13)12(21)2/h4-5,7-8,11-12H,3,6,9-10H2,1-2H3. The van der Waals surface area contributed by atoms with E-state index in [0.717, 1.165) is 37.3 Å². The highest BCUT2D eigenvalue weighted by atomic mass is 35.5. The van der Waals surface area contributed by atoms with Gasteiger partial charge in [-0.2, -0.15) is 0 Å². The van der Waals surface area contributed by atoms with Gasteiger partial charge in [-0.05, 0) is 42.5 Å². The van der Waals surface area contributed by atoms with Crippen molar-refractivity contribution in [1.29, 1.82) is 0 Å². The maximum Gasteiger partial charge on any atom is 0.224 e. The van der Waals surface area contributed by atoms with Crippen LogP contribution in [0.25, 0.3) is 0 Å². The molecule has 2 heterocycles. The minimum absolute atomic E-state index is 0.315. The summed E-state index contributed by atoms with van der Waals surface area (Å²) in [6.45, 7) is 5.35. The predicted molar refractivity (Wildman–Crippen MR) is 86.9 cm³/mol. The summed E-state index contributed by atoms with van der Waals surface area (Å²) < 4.78 is 0. The van der Waals surface area contributed by atoms with E-state index in [9.17, 15) is 0 Å². The molecule has 0 bridgehead atoms. The number of hydrogen-bond donors (Lipinski definition) is 0. The molecule has 0 radical (unpaired) electrons. The second-order valence-corrected chi connectivity index (χ2v) is 5.89. The number of halogens is 1. The second-order valence-electron chi connectivity index (χ2n) is 5.55. The largest absolute Gasteiger partial charge is 0.349 e. The van der Waals surface area contributed by atoms with Crippen LogP contribution in [0.5, 0.6) is 0 Å². The molecule has 0 saturated heterocycles. The van der Waals surface area contributed by atoms with Gasteiger partial charge in [0.2, 0.25) is 5.28 Å². The fourth-order valence-corrected chi connectivity index (χ4v) is 3.26. The number of rotatable bonds is 3. The molecule has 0 N–H and O–H groups in total. The first kappa shape index (κ1) is 14.3. The Balaban J connectivity index is 1.95. The highest BCUT2D eigenvalue weighted by Gasteiger charge is 2.25. The van der Waals surface area contributed by atoms with Gasteiger partial charge in [0.1, 0.15) is 5.82 Å². The summed E-state index contributed by atoms with van der Waals surface area (Å²) >= 11 is 6.10. The minimum Gasteiger partial charge on any atom is -0.349 e. The van der Waals surface area contributed by atoms with E-state index in [0.29, 0.717) is 11.3 Å². The molecule has 0 saturated carbocycles. The number of hydrogen-bond acceptors (Lipinski definition) is 3. The first-order valence-electron chi connectivity index (χ1n) is 7.57. The van der Waals surface area contributed by atoms with Crippen molar-refractivity contribution in [3.8, 4) is 0 Å². The predicted octanol–water partition coefficient (Wildman–Crippen LogP) is 4.21. The Morgan fingerprint density at radius 2 is 2.10 bits per heavy atom. The Hall–Kier alpha value is -1.61. The molecule has 1 aromatic carbocycles. The van der Waals surface area contributed by atoms with E-state index in [-0.39, 0.29) is 0 Å². The molecule has 4 heteroatoms. The van der Waals surface area contributed by atoms with Crippen LogP contribution >= 0.6 is 11.6 Å². The van der Waals surface area contributed by atoms with Crippen molar-refractivity contribution in [3.63, 3.8) is 0 Å². The number of anilines is 1. The van der Waals surface area contributed by atoms with Crippen molar-refractivity contribution in [1.82, 2.24) is 9.97 Å². The molecule has 1 aliphatic heterocycles. The van der Waals surface area contributed by atoms with Gasteiger partial charge in [-0.15, -0.1) is 0 Å². The highest BCUT2D eigenvalue weighted by Crippen LogP contribution is 2.33. The molecular weight excluding hydrogens is 282 g/mol. The third kappa shape index (κ3) is 2.88. The zero-order valence-corrected chi connectivity index (χ0v) is 13.3. The summed E-state index contributed by atoms with van der Waals surface area (Å²) in [5, 5.41) is 0.349. The molecule has 0 aliphatic carbocycles. The Morgan fingerprint density at radius 1 is 1.29 bits per heavy atom.